The first-order valence-corrected chi connectivity index (χ1v) is 6.79. The Balaban J connectivity index is 2.15. The van der Waals surface area contributed by atoms with E-state index in [9.17, 15) is 0 Å². The van der Waals surface area contributed by atoms with Crippen LogP contribution in [-0.2, 0) is 0 Å². The third kappa shape index (κ3) is 5.01. The van der Waals surface area contributed by atoms with Gasteiger partial charge in [-0.1, -0.05) is 40.5 Å². The van der Waals surface area contributed by atoms with Crippen molar-refractivity contribution in [1.82, 2.24) is 5.32 Å². The van der Waals surface area contributed by atoms with Gasteiger partial charge in [0.2, 0.25) is 0 Å². The van der Waals surface area contributed by atoms with Crippen molar-refractivity contribution in [3.05, 3.63) is 0 Å². The first kappa shape index (κ1) is 13.0. The van der Waals surface area contributed by atoms with Crippen molar-refractivity contribution >= 4 is 0 Å². The summed E-state index contributed by atoms with van der Waals surface area (Å²) in [6, 6.07) is 0. The van der Waals surface area contributed by atoms with Crippen molar-refractivity contribution in [2.45, 2.75) is 59.8 Å². The smallest absolute Gasteiger partial charge is 0.000802 e. The average molecular weight is 211 g/mol. The monoisotopic (exact) mass is 211 g/mol. The van der Waals surface area contributed by atoms with Crippen LogP contribution in [-0.4, -0.2) is 13.1 Å². The molecule has 1 aliphatic rings. The fourth-order valence-electron chi connectivity index (χ4n) is 2.59. The van der Waals surface area contributed by atoms with Gasteiger partial charge in [-0.05, 0) is 43.1 Å². The lowest BCUT2D eigenvalue weighted by Gasteiger charge is -2.21. The number of hydrogen-bond acceptors (Lipinski definition) is 1. The van der Waals surface area contributed by atoms with Gasteiger partial charge in [-0.3, -0.25) is 0 Å². The molecule has 1 fully saturated rings. The zero-order chi connectivity index (χ0) is 11.3. The van der Waals surface area contributed by atoms with Crippen LogP contribution in [0.5, 0.6) is 0 Å². The van der Waals surface area contributed by atoms with E-state index in [1.807, 2.05) is 0 Å². The van der Waals surface area contributed by atoms with Gasteiger partial charge in [0.05, 0.1) is 0 Å². The third-order valence-electron chi connectivity index (χ3n) is 3.57. The van der Waals surface area contributed by atoms with Crippen LogP contribution in [0.2, 0.25) is 0 Å². The third-order valence-corrected chi connectivity index (χ3v) is 3.57. The van der Waals surface area contributed by atoms with Crippen molar-refractivity contribution in [1.29, 1.82) is 0 Å². The van der Waals surface area contributed by atoms with Crippen molar-refractivity contribution < 1.29 is 0 Å². The van der Waals surface area contributed by atoms with E-state index in [1.54, 1.807) is 0 Å². The molecule has 0 aromatic rings. The van der Waals surface area contributed by atoms with Gasteiger partial charge in [0, 0.05) is 6.54 Å². The minimum absolute atomic E-state index is 0.698. The van der Waals surface area contributed by atoms with Gasteiger partial charge >= 0.3 is 0 Å². The van der Waals surface area contributed by atoms with E-state index in [1.165, 1.54) is 45.2 Å². The van der Waals surface area contributed by atoms with Crippen molar-refractivity contribution in [2.24, 2.45) is 17.3 Å². The first-order valence-electron chi connectivity index (χ1n) is 6.79. The average Bonchev–Trinajstić information content (AvgIpc) is 2.84. The molecule has 0 radical (unpaired) electrons. The summed E-state index contributed by atoms with van der Waals surface area (Å²) >= 11 is 0. The Morgan fingerprint density at radius 2 is 1.87 bits per heavy atom. The van der Waals surface area contributed by atoms with Crippen LogP contribution in [0.25, 0.3) is 0 Å². The molecule has 1 aliphatic carbocycles. The standard InChI is InChI=1S/C14H29N/c1-5-6-13(4)9-14(7-8-14)11-15-10-12(2)3/h12-13,15H,5-11H2,1-4H3. The Bertz CT molecular complexity index is 170. The van der Waals surface area contributed by atoms with Crippen molar-refractivity contribution in [3.63, 3.8) is 0 Å². The predicted molar refractivity (Wildman–Crippen MR) is 68.1 cm³/mol. The highest BCUT2D eigenvalue weighted by Crippen LogP contribution is 2.50. The molecule has 1 nitrogen and oxygen atoms in total. The van der Waals surface area contributed by atoms with Gasteiger partial charge in [-0.25, -0.2) is 0 Å². The number of rotatable bonds is 8. The Labute approximate surface area is 96.0 Å². The van der Waals surface area contributed by atoms with Gasteiger partial charge in [-0.2, -0.15) is 0 Å². The lowest BCUT2D eigenvalue weighted by atomic mass is 9.90. The second kappa shape index (κ2) is 5.89. The molecule has 0 aromatic heterocycles. The van der Waals surface area contributed by atoms with E-state index in [4.69, 9.17) is 0 Å². The van der Waals surface area contributed by atoms with E-state index in [-0.39, 0.29) is 0 Å². The zero-order valence-electron chi connectivity index (χ0n) is 11.1. The molecule has 1 N–H and O–H groups in total. The molecule has 0 heterocycles. The van der Waals surface area contributed by atoms with Crippen LogP contribution in [0, 0.1) is 17.3 Å². The molecule has 15 heavy (non-hydrogen) atoms. The predicted octanol–water partition coefficient (Wildman–Crippen LogP) is 3.84. The van der Waals surface area contributed by atoms with Gasteiger partial charge in [0.1, 0.15) is 0 Å². The summed E-state index contributed by atoms with van der Waals surface area (Å²) in [6.45, 7) is 11.7. The highest BCUT2D eigenvalue weighted by molar-refractivity contribution is 4.95. The Morgan fingerprint density at radius 1 is 1.20 bits per heavy atom. The van der Waals surface area contributed by atoms with E-state index in [0.717, 1.165) is 11.8 Å². The van der Waals surface area contributed by atoms with Crippen LogP contribution in [0.1, 0.15) is 59.8 Å². The van der Waals surface area contributed by atoms with Crippen LogP contribution in [0.4, 0.5) is 0 Å². The van der Waals surface area contributed by atoms with Crippen LogP contribution < -0.4 is 5.32 Å². The van der Waals surface area contributed by atoms with Gasteiger partial charge in [0.25, 0.3) is 0 Å². The molecule has 0 bridgehead atoms. The van der Waals surface area contributed by atoms with E-state index in [0.29, 0.717) is 5.41 Å². The summed E-state index contributed by atoms with van der Waals surface area (Å²) < 4.78 is 0. The Kier molecular flexibility index (Phi) is 5.11. The van der Waals surface area contributed by atoms with E-state index < -0.39 is 0 Å². The van der Waals surface area contributed by atoms with Crippen LogP contribution in [0.3, 0.4) is 0 Å². The molecule has 0 spiro atoms. The second-order valence-electron chi connectivity index (χ2n) is 6.12. The van der Waals surface area contributed by atoms with E-state index >= 15 is 0 Å². The molecule has 1 unspecified atom stereocenters. The molecule has 1 atom stereocenters. The fraction of sp³-hybridized carbons (Fsp3) is 1.00. The maximum atomic E-state index is 3.64. The minimum Gasteiger partial charge on any atom is -0.316 e. The SMILES string of the molecule is CCCC(C)CC1(CNCC(C)C)CC1. The fourth-order valence-corrected chi connectivity index (χ4v) is 2.59. The topological polar surface area (TPSA) is 12.0 Å². The summed E-state index contributed by atoms with van der Waals surface area (Å²) in [7, 11) is 0. The zero-order valence-corrected chi connectivity index (χ0v) is 11.1. The largest absolute Gasteiger partial charge is 0.316 e. The van der Waals surface area contributed by atoms with Crippen molar-refractivity contribution in [3.8, 4) is 0 Å². The lowest BCUT2D eigenvalue weighted by Crippen LogP contribution is -2.28. The van der Waals surface area contributed by atoms with Crippen LogP contribution in [0.15, 0.2) is 0 Å². The maximum Gasteiger partial charge on any atom is 0.000802 e. The summed E-state index contributed by atoms with van der Waals surface area (Å²) in [4.78, 5) is 0. The summed E-state index contributed by atoms with van der Waals surface area (Å²) in [5.41, 5.74) is 0.698. The Morgan fingerprint density at radius 3 is 2.33 bits per heavy atom. The number of hydrogen-bond donors (Lipinski definition) is 1. The first-order chi connectivity index (χ1) is 7.08. The highest BCUT2D eigenvalue weighted by atomic mass is 14.9. The van der Waals surface area contributed by atoms with Crippen LogP contribution >= 0.6 is 0 Å². The molecule has 90 valence electrons. The molecule has 1 saturated carbocycles. The van der Waals surface area contributed by atoms with E-state index in [2.05, 4.69) is 33.0 Å². The second-order valence-corrected chi connectivity index (χ2v) is 6.12. The molecule has 0 amide bonds. The van der Waals surface area contributed by atoms with Gasteiger partial charge in [-0.15, -0.1) is 0 Å². The van der Waals surface area contributed by atoms with Gasteiger partial charge in [0.15, 0.2) is 0 Å². The summed E-state index contributed by atoms with van der Waals surface area (Å²) in [5.74, 6) is 1.72. The lowest BCUT2D eigenvalue weighted by molar-refractivity contribution is 0.332. The molecule has 0 aliphatic heterocycles. The minimum atomic E-state index is 0.698. The summed E-state index contributed by atoms with van der Waals surface area (Å²) in [6.07, 6.45) is 7.13. The molecule has 1 heteroatoms. The molecule has 1 rings (SSSR count). The summed E-state index contributed by atoms with van der Waals surface area (Å²) in [5, 5.41) is 3.64. The molecular formula is C14H29N. The quantitative estimate of drug-likeness (QED) is 0.643. The highest BCUT2D eigenvalue weighted by Gasteiger charge is 2.42. The normalized spacial score (nSPS) is 20.6. The Hall–Kier alpha value is -0.0400. The van der Waals surface area contributed by atoms with Crippen molar-refractivity contribution in [2.75, 3.05) is 13.1 Å². The number of nitrogens with one attached hydrogen (secondary N) is 1. The molecular weight excluding hydrogens is 182 g/mol. The van der Waals surface area contributed by atoms with Gasteiger partial charge < -0.3 is 5.32 Å². The molecule has 0 aromatic carbocycles. The maximum absolute atomic E-state index is 3.64. The molecule has 0 saturated heterocycles.